The van der Waals surface area contributed by atoms with Crippen molar-refractivity contribution in [1.29, 1.82) is 0 Å². The highest BCUT2D eigenvalue weighted by Gasteiger charge is 2.28. The summed E-state index contributed by atoms with van der Waals surface area (Å²) in [6.45, 7) is 0. The largest absolute Gasteiger partial charge is 0.448 e. The van der Waals surface area contributed by atoms with Gasteiger partial charge < -0.3 is 14.5 Å². The van der Waals surface area contributed by atoms with Crippen LogP contribution in [0.4, 0.5) is 5.69 Å². The molecular weight excluding hydrogens is 460 g/mol. The van der Waals surface area contributed by atoms with Crippen LogP contribution in [0.15, 0.2) is 49.0 Å². The number of fused-ring (bicyclic) bond motifs is 3. The molecule has 0 amide bonds. The molecule has 0 aliphatic carbocycles. The van der Waals surface area contributed by atoms with Gasteiger partial charge in [0.05, 0.1) is 0 Å². The maximum Gasteiger partial charge on any atom is 0.247 e. The molecule has 9 heteroatoms. The van der Waals surface area contributed by atoms with Gasteiger partial charge in [0.2, 0.25) is 17.3 Å². The average Bonchev–Trinajstić information content (AvgIpc) is 2.95. The van der Waals surface area contributed by atoms with Gasteiger partial charge >= 0.3 is 0 Å². The van der Waals surface area contributed by atoms with E-state index in [1.165, 1.54) is 11.8 Å². The maximum absolute atomic E-state index is 6.05. The number of nitrogens with zero attached hydrogens (tertiary/aromatic N) is 3. The predicted molar refractivity (Wildman–Crippen MR) is 98.1 cm³/mol. The highest BCUT2D eigenvalue weighted by atomic mass is 79.9. The van der Waals surface area contributed by atoms with E-state index in [9.17, 15) is 0 Å². The number of rotatable bonds is 2. The van der Waals surface area contributed by atoms with Gasteiger partial charge in [0.15, 0.2) is 16.1 Å². The summed E-state index contributed by atoms with van der Waals surface area (Å²) >= 11 is 8.22. The molecule has 122 valence electrons. The van der Waals surface area contributed by atoms with Gasteiger partial charge in [0, 0.05) is 15.7 Å². The lowest BCUT2D eigenvalue weighted by atomic mass is 10.1. The van der Waals surface area contributed by atoms with Crippen LogP contribution in [-0.2, 0) is 0 Å². The van der Waals surface area contributed by atoms with Gasteiger partial charge in [-0.1, -0.05) is 27.7 Å². The Kier molecular flexibility index (Phi) is 4.23. The topological polar surface area (TPSA) is 73.1 Å². The third kappa shape index (κ3) is 2.91. The number of halogens is 2. The smallest absolute Gasteiger partial charge is 0.247 e. The van der Waals surface area contributed by atoms with Crippen LogP contribution in [0.2, 0.25) is 0 Å². The number of thioether (sulfide) groups is 1. The van der Waals surface area contributed by atoms with Gasteiger partial charge in [-0.15, -0.1) is 10.2 Å². The van der Waals surface area contributed by atoms with Crippen LogP contribution in [0.25, 0.3) is 11.3 Å². The second-order valence-electron chi connectivity index (χ2n) is 4.93. The zero-order valence-corrected chi connectivity index (χ0v) is 16.3. The van der Waals surface area contributed by atoms with Gasteiger partial charge in [-0.2, -0.15) is 4.98 Å². The van der Waals surface area contributed by atoms with Gasteiger partial charge in [0.25, 0.3) is 0 Å². The van der Waals surface area contributed by atoms with E-state index >= 15 is 0 Å². The molecule has 3 aromatic rings. The van der Waals surface area contributed by atoms with E-state index in [0.29, 0.717) is 27.2 Å². The molecule has 0 saturated heterocycles. The molecule has 0 bridgehead atoms. The van der Waals surface area contributed by atoms with Crippen molar-refractivity contribution in [2.75, 3.05) is 11.6 Å². The van der Waals surface area contributed by atoms with Crippen LogP contribution >= 0.6 is 43.6 Å². The molecule has 1 aliphatic rings. The Bertz CT molecular complexity index is 918. The minimum absolute atomic E-state index is 0.413. The first-order valence-corrected chi connectivity index (χ1v) is 9.72. The Labute approximate surface area is 158 Å². The lowest BCUT2D eigenvalue weighted by molar-refractivity contribution is 0.194. The van der Waals surface area contributed by atoms with Crippen LogP contribution < -0.4 is 10.1 Å². The summed E-state index contributed by atoms with van der Waals surface area (Å²) in [6, 6.07) is 9.52. The molecule has 2 aromatic heterocycles. The predicted octanol–water partition coefficient (Wildman–Crippen LogP) is 4.88. The molecule has 1 N–H and O–H groups in total. The van der Waals surface area contributed by atoms with Crippen molar-refractivity contribution in [3.63, 3.8) is 0 Å². The molecule has 0 radical (unpaired) electrons. The fraction of sp³-hybridized carbons (Fsp3) is 0.133. The summed E-state index contributed by atoms with van der Waals surface area (Å²) < 4.78 is 13.3. The summed E-state index contributed by atoms with van der Waals surface area (Å²) in [4.78, 5) is 4.46. The highest BCUT2D eigenvalue weighted by Crippen LogP contribution is 2.41. The number of nitrogens with one attached hydrogen (secondary N) is 1. The second kappa shape index (κ2) is 6.38. The zero-order valence-electron chi connectivity index (χ0n) is 12.3. The van der Waals surface area contributed by atoms with Crippen molar-refractivity contribution in [1.82, 2.24) is 15.2 Å². The average molecular weight is 470 g/mol. The Hall–Kier alpha value is -1.58. The third-order valence-electron chi connectivity index (χ3n) is 3.42. The standard InChI is InChI=1S/C15H10Br2N4O2S/c1-24-15-19-14-12(20-21-15)8-6-7(16)2-3-9(8)18-13(23-14)10-4-5-11(17)22-10/h2-6,13,18H,1H3/t13-/m1/s1. The number of ether oxygens (including phenoxy) is 1. The first-order valence-electron chi connectivity index (χ1n) is 6.91. The molecule has 6 nitrogen and oxygen atoms in total. The van der Waals surface area contributed by atoms with Gasteiger partial charge in [-0.05, 0) is 52.5 Å². The first-order chi connectivity index (χ1) is 11.6. The van der Waals surface area contributed by atoms with Crippen molar-refractivity contribution in [2.45, 2.75) is 11.4 Å². The molecule has 0 spiro atoms. The van der Waals surface area contributed by atoms with E-state index in [4.69, 9.17) is 9.15 Å². The second-order valence-corrected chi connectivity index (χ2v) is 7.40. The van der Waals surface area contributed by atoms with Gasteiger partial charge in [-0.25, -0.2) is 0 Å². The van der Waals surface area contributed by atoms with E-state index in [-0.39, 0.29) is 0 Å². The van der Waals surface area contributed by atoms with Gasteiger partial charge in [0.1, 0.15) is 0 Å². The van der Waals surface area contributed by atoms with Crippen molar-refractivity contribution < 1.29 is 9.15 Å². The van der Waals surface area contributed by atoms with Crippen LogP contribution in [0.1, 0.15) is 12.0 Å². The van der Waals surface area contributed by atoms with Crippen molar-refractivity contribution in [3.8, 4) is 17.1 Å². The molecule has 3 heterocycles. The van der Waals surface area contributed by atoms with Crippen LogP contribution in [0.3, 0.4) is 0 Å². The van der Waals surface area contributed by atoms with Crippen molar-refractivity contribution in [3.05, 3.63) is 45.2 Å². The molecule has 0 fully saturated rings. The lowest BCUT2D eigenvalue weighted by Gasteiger charge is -2.16. The Morgan fingerprint density at radius 2 is 2.04 bits per heavy atom. The third-order valence-corrected chi connectivity index (χ3v) is 4.88. The van der Waals surface area contributed by atoms with E-state index in [2.05, 4.69) is 52.4 Å². The summed E-state index contributed by atoms with van der Waals surface area (Å²) in [5.74, 6) is 1.05. The van der Waals surface area contributed by atoms with E-state index in [1.54, 1.807) is 0 Å². The minimum Gasteiger partial charge on any atom is -0.448 e. The van der Waals surface area contributed by atoms with Gasteiger partial charge in [-0.3, -0.25) is 0 Å². The molecule has 1 atom stereocenters. The number of hydrogen-bond acceptors (Lipinski definition) is 7. The number of anilines is 1. The van der Waals surface area contributed by atoms with E-state index in [1.807, 2.05) is 36.6 Å². The number of hydrogen-bond donors (Lipinski definition) is 1. The van der Waals surface area contributed by atoms with Crippen LogP contribution in [0, 0.1) is 0 Å². The van der Waals surface area contributed by atoms with Crippen molar-refractivity contribution >= 4 is 49.3 Å². The molecule has 1 aliphatic heterocycles. The Balaban J connectivity index is 1.88. The molecular formula is C15H10Br2N4O2S. The van der Waals surface area contributed by atoms with Crippen LogP contribution in [-0.4, -0.2) is 21.4 Å². The molecule has 1 aromatic carbocycles. The normalized spacial score (nSPS) is 15.7. The van der Waals surface area contributed by atoms with E-state index in [0.717, 1.165) is 15.7 Å². The minimum atomic E-state index is -0.524. The maximum atomic E-state index is 6.05. The molecule has 0 saturated carbocycles. The number of aromatic nitrogens is 3. The number of furan rings is 1. The summed E-state index contributed by atoms with van der Waals surface area (Å²) in [5.41, 5.74) is 2.31. The molecule has 24 heavy (non-hydrogen) atoms. The summed E-state index contributed by atoms with van der Waals surface area (Å²) in [7, 11) is 0. The SMILES string of the molecule is CSc1nnc2c(n1)O[C@H](c1ccc(Br)o1)Nc1ccc(Br)cc1-2. The van der Waals surface area contributed by atoms with Crippen molar-refractivity contribution in [2.24, 2.45) is 0 Å². The van der Waals surface area contributed by atoms with Crippen LogP contribution in [0.5, 0.6) is 5.88 Å². The Morgan fingerprint density at radius 1 is 1.17 bits per heavy atom. The summed E-state index contributed by atoms with van der Waals surface area (Å²) in [5, 5.41) is 12.3. The molecule has 0 unspecified atom stereocenters. The quantitative estimate of drug-likeness (QED) is 0.536. The Morgan fingerprint density at radius 3 is 2.79 bits per heavy atom. The monoisotopic (exact) mass is 468 g/mol. The highest BCUT2D eigenvalue weighted by molar-refractivity contribution is 9.10. The molecule has 4 rings (SSSR count). The zero-order chi connectivity index (χ0) is 16.7. The fourth-order valence-corrected chi connectivity index (χ4v) is 3.33. The summed E-state index contributed by atoms with van der Waals surface area (Å²) in [6.07, 6.45) is 1.37. The lowest BCUT2D eigenvalue weighted by Crippen LogP contribution is -2.16. The van der Waals surface area contributed by atoms with E-state index < -0.39 is 6.23 Å². The number of benzene rings is 1. The first kappa shape index (κ1) is 15.9. The fourth-order valence-electron chi connectivity index (χ4n) is 2.35.